The van der Waals surface area contributed by atoms with Crippen LogP contribution in [0.2, 0.25) is 0 Å². The predicted molar refractivity (Wildman–Crippen MR) is 109 cm³/mol. The van der Waals surface area contributed by atoms with Crippen LogP contribution in [0, 0.1) is 37.0 Å². The minimum absolute atomic E-state index is 0.0951. The second-order valence-corrected chi connectivity index (χ2v) is 9.61. The van der Waals surface area contributed by atoms with Crippen LogP contribution in [0.25, 0.3) is 11.1 Å². The van der Waals surface area contributed by atoms with Crippen molar-refractivity contribution >= 4 is 0 Å². The molecule has 2 aromatic rings. The van der Waals surface area contributed by atoms with E-state index in [0.717, 1.165) is 46.9 Å². The van der Waals surface area contributed by atoms with Crippen molar-refractivity contribution in [1.29, 1.82) is 0 Å². The average molecular weight is 363 g/mol. The first-order chi connectivity index (χ1) is 13.0. The summed E-state index contributed by atoms with van der Waals surface area (Å²) in [6, 6.07) is 10.0. The van der Waals surface area contributed by atoms with Crippen molar-refractivity contribution in [3.8, 4) is 11.1 Å². The number of nitrogens with zero attached hydrogens (tertiary/aromatic N) is 2. The lowest BCUT2D eigenvalue weighted by atomic mass is 9.49. The van der Waals surface area contributed by atoms with Crippen molar-refractivity contribution in [2.24, 2.45) is 23.2 Å². The molecule has 0 saturated heterocycles. The highest BCUT2D eigenvalue weighted by atomic mass is 16.1. The zero-order chi connectivity index (χ0) is 18.6. The molecular formula is C24H30N2O. The lowest BCUT2D eigenvalue weighted by molar-refractivity contribution is -0.0593. The van der Waals surface area contributed by atoms with Gasteiger partial charge in [-0.3, -0.25) is 4.79 Å². The normalized spacial score (nSPS) is 31.4. The van der Waals surface area contributed by atoms with Crippen molar-refractivity contribution in [2.45, 2.75) is 65.3 Å². The number of benzene rings is 1. The van der Waals surface area contributed by atoms with E-state index in [1.54, 1.807) is 0 Å². The molecule has 0 spiro atoms. The van der Waals surface area contributed by atoms with Crippen molar-refractivity contribution in [3.05, 3.63) is 52.2 Å². The molecule has 3 nitrogen and oxygen atoms in total. The maximum Gasteiger partial charge on any atom is 0.281 e. The Kier molecular flexibility index (Phi) is 4.03. The van der Waals surface area contributed by atoms with Gasteiger partial charge in [-0.2, -0.15) is 4.98 Å². The molecule has 1 aromatic carbocycles. The molecule has 1 heterocycles. The van der Waals surface area contributed by atoms with Crippen LogP contribution < -0.4 is 5.56 Å². The van der Waals surface area contributed by atoms with E-state index in [0.29, 0.717) is 5.41 Å². The number of aromatic nitrogens is 2. The number of aryl methyl sites for hydroxylation is 1. The second-order valence-electron chi connectivity index (χ2n) is 9.61. The van der Waals surface area contributed by atoms with Gasteiger partial charge in [0.05, 0.1) is 5.56 Å². The zero-order valence-electron chi connectivity index (χ0n) is 16.6. The third-order valence-corrected chi connectivity index (χ3v) is 7.73. The zero-order valence-corrected chi connectivity index (χ0v) is 16.6. The van der Waals surface area contributed by atoms with Gasteiger partial charge in [-0.1, -0.05) is 30.3 Å². The minimum atomic E-state index is -0.0951. The molecule has 0 N–H and O–H groups in total. The van der Waals surface area contributed by atoms with Gasteiger partial charge in [-0.25, -0.2) is 0 Å². The van der Waals surface area contributed by atoms with Gasteiger partial charge in [0.15, 0.2) is 0 Å². The average Bonchev–Trinajstić information content (AvgIpc) is 2.61. The molecule has 4 aliphatic rings. The Hall–Kier alpha value is -1.90. The summed E-state index contributed by atoms with van der Waals surface area (Å²) in [5, 5.41) is 0. The maximum absolute atomic E-state index is 12.6. The largest absolute Gasteiger partial charge is 0.333 e. The quantitative estimate of drug-likeness (QED) is 0.755. The van der Waals surface area contributed by atoms with E-state index in [1.807, 2.05) is 37.3 Å². The lowest BCUT2D eigenvalue weighted by Gasteiger charge is -2.57. The highest BCUT2D eigenvalue weighted by Crippen LogP contribution is 2.61. The Bertz CT molecular complexity index is 877. The first kappa shape index (κ1) is 17.2. The fourth-order valence-corrected chi connectivity index (χ4v) is 7.01. The van der Waals surface area contributed by atoms with E-state index < -0.39 is 0 Å². The van der Waals surface area contributed by atoms with Crippen LogP contribution in [0.3, 0.4) is 0 Å². The molecule has 4 fully saturated rings. The summed E-state index contributed by atoms with van der Waals surface area (Å²) in [4.78, 5) is 17.0. The van der Waals surface area contributed by atoms with Crippen LogP contribution >= 0.6 is 0 Å². The van der Waals surface area contributed by atoms with Gasteiger partial charge >= 0.3 is 0 Å². The van der Waals surface area contributed by atoms with Crippen LogP contribution in [-0.4, -0.2) is 9.55 Å². The Labute approximate surface area is 161 Å². The molecule has 3 heteroatoms. The summed E-state index contributed by atoms with van der Waals surface area (Å²) < 4.78 is 2.31. The molecule has 142 valence electrons. The van der Waals surface area contributed by atoms with E-state index in [-0.39, 0.29) is 5.56 Å². The number of rotatable bonds is 4. The van der Waals surface area contributed by atoms with Crippen LogP contribution in [0.5, 0.6) is 0 Å². The molecule has 0 unspecified atom stereocenters. The van der Waals surface area contributed by atoms with Crippen molar-refractivity contribution < 1.29 is 0 Å². The summed E-state index contributed by atoms with van der Waals surface area (Å²) in [5.41, 5.74) is 3.29. The van der Waals surface area contributed by atoms with Crippen molar-refractivity contribution in [2.75, 3.05) is 0 Å². The van der Waals surface area contributed by atoms with Crippen LogP contribution in [-0.2, 0) is 6.54 Å². The van der Waals surface area contributed by atoms with E-state index in [1.165, 1.54) is 44.9 Å². The first-order valence-electron chi connectivity index (χ1n) is 10.7. The summed E-state index contributed by atoms with van der Waals surface area (Å²) in [5.74, 6) is 3.84. The highest BCUT2D eigenvalue weighted by Gasteiger charge is 2.50. The minimum Gasteiger partial charge on any atom is -0.333 e. The van der Waals surface area contributed by atoms with Gasteiger partial charge < -0.3 is 4.57 Å². The van der Waals surface area contributed by atoms with Gasteiger partial charge in [0.2, 0.25) is 0 Å². The molecule has 27 heavy (non-hydrogen) atoms. The van der Waals surface area contributed by atoms with Gasteiger partial charge in [0.1, 0.15) is 5.82 Å². The van der Waals surface area contributed by atoms with Gasteiger partial charge in [0.25, 0.3) is 5.56 Å². The van der Waals surface area contributed by atoms with E-state index in [9.17, 15) is 4.79 Å². The standard InChI is InChI=1S/C24H30N2O/c1-16-22(21-6-4-3-5-7-21)23(27)25-17(2)26(16)9-8-24-13-18-10-19(14-24)12-20(11-18)15-24/h3-7,18-20H,8-15H2,1-2H3. The first-order valence-corrected chi connectivity index (χ1v) is 10.7. The Morgan fingerprint density at radius 1 is 1.00 bits per heavy atom. The SMILES string of the molecule is Cc1nc(=O)c(-c2ccccc2)c(C)n1CCC12CC3CC(CC(C3)C1)C2. The van der Waals surface area contributed by atoms with Gasteiger partial charge in [0, 0.05) is 12.2 Å². The maximum atomic E-state index is 12.6. The van der Waals surface area contributed by atoms with Crippen molar-refractivity contribution in [1.82, 2.24) is 9.55 Å². The highest BCUT2D eigenvalue weighted by molar-refractivity contribution is 5.64. The smallest absolute Gasteiger partial charge is 0.281 e. The fraction of sp³-hybridized carbons (Fsp3) is 0.583. The molecule has 0 radical (unpaired) electrons. The van der Waals surface area contributed by atoms with E-state index in [2.05, 4.69) is 16.5 Å². The fourth-order valence-electron chi connectivity index (χ4n) is 7.01. The van der Waals surface area contributed by atoms with Gasteiger partial charge in [-0.05, 0) is 87.5 Å². The summed E-state index contributed by atoms with van der Waals surface area (Å²) in [7, 11) is 0. The summed E-state index contributed by atoms with van der Waals surface area (Å²) in [6.45, 7) is 5.08. The van der Waals surface area contributed by atoms with Crippen LogP contribution in [0.15, 0.2) is 35.1 Å². The third kappa shape index (κ3) is 2.96. The summed E-state index contributed by atoms with van der Waals surface area (Å²) in [6.07, 6.45) is 10.1. The summed E-state index contributed by atoms with van der Waals surface area (Å²) >= 11 is 0. The predicted octanol–water partition coefficient (Wildman–Crippen LogP) is 5.13. The number of hydrogen-bond acceptors (Lipinski definition) is 2. The Balaban J connectivity index is 1.45. The molecule has 4 bridgehead atoms. The molecule has 1 aromatic heterocycles. The molecule has 0 aliphatic heterocycles. The Morgan fingerprint density at radius 3 is 2.19 bits per heavy atom. The van der Waals surface area contributed by atoms with Gasteiger partial charge in [-0.15, -0.1) is 0 Å². The molecule has 4 saturated carbocycles. The van der Waals surface area contributed by atoms with Crippen LogP contribution in [0.4, 0.5) is 0 Å². The van der Waals surface area contributed by atoms with Crippen LogP contribution in [0.1, 0.15) is 56.5 Å². The van der Waals surface area contributed by atoms with E-state index in [4.69, 9.17) is 0 Å². The molecule has 0 amide bonds. The van der Waals surface area contributed by atoms with Crippen molar-refractivity contribution in [3.63, 3.8) is 0 Å². The molecular weight excluding hydrogens is 332 g/mol. The lowest BCUT2D eigenvalue weighted by Crippen LogP contribution is -2.46. The third-order valence-electron chi connectivity index (χ3n) is 7.73. The number of hydrogen-bond donors (Lipinski definition) is 0. The molecule has 6 rings (SSSR count). The second kappa shape index (κ2) is 6.32. The topological polar surface area (TPSA) is 34.9 Å². The van der Waals surface area contributed by atoms with E-state index >= 15 is 0 Å². The molecule has 4 aliphatic carbocycles. The molecule has 0 atom stereocenters. The monoisotopic (exact) mass is 362 g/mol. The Morgan fingerprint density at radius 2 is 1.59 bits per heavy atom.